The Morgan fingerprint density at radius 2 is 2.18 bits per heavy atom. The Balaban J connectivity index is 2.34. The highest BCUT2D eigenvalue weighted by molar-refractivity contribution is 6.36. The zero-order chi connectivity index (χ0) is 12.4. The molecule has 0 aliphatic rings. The molecule has 1 atom stereocenters. The summed E-state index contributed by atoms with van der Waals surface area (Å²) in [5.41, 5.74) is 0.0159. The number of carbonyl (C=O) groups is 1. The van der Waals surface area contributed by atoms with Gasteiger partial charge in [-0.2, -0.15) is 5.10 Å². The average molecular weight is 274 g/mol. The number of rotatable bonds is 3. The van der Waals surface area contributed by atoms with E-state index < -0.39 is 12.1 Å². The maximum absolute atomic E-state index is 13.8. The Morgan fingerprint density at radius 1 is 1.41 bits per heavy atom. The Labute approximate surface area is 106 Å². The molecule has 88 valence electrons. The molecule has 0 N–H and O–H groups in total. The number of hydrogen-bond acceptors (Lipinski definition) is 3. The van der Waals surface area contributed by atoms with E-state index in [0.29, 0.717) is 5.02 Å². The van der Waals surface area contributed by atoms with Crippen LogP contribution in [0.3, 0.4) is 0 Å². The molecular weight excluding hydrogens is 268 g/mol. The van der Waals surface area contributed by atoms with Gasteiger partial charge in [-0.1, -0.05) is 23.2 Å². The van der Waals surface area contributed by atoms with Crippen LogP contribution in [0.2, 0.25) is 10.0 Å². The fourth-order valence-electron chi connectivity index (χ4n) is 1.27. The van der Waals surface area contributed by atoms with E-state index in [9.17, 15) is 9.18 Å². The Hall–Kier alpha value is -1.46. The lowest BCUT2D eigenvalue weighted by Gasteiger charge is -2.08. The van der Waals surface area contributed by atoms with Crippen molar-refractivity contribution in [2.75, 3.05) is 0 Å². The Morgan fingerprint density at radius 3 is 2.82 bits per heavy atom. The predicted octanol–water partition coefficient (Wildman–Crippen LogP) is 2.94. The first-order valence-corrected chi connectivity index (χ1v) is 5.32. The maximum atomic E-state index is 13.8. The van der Waals surface area contributed by atoms with Crippen molar-refractivity contribution in [3.05, 3.63) is 46.5 Å². The van der Waals surface area contributed by atoms with Crippen LogP contribution in [0.15, 0.2) is 30.9 Å². The minimum Gasteiger partial charge on any atom is -0.289 e. The van der Waals surface area contributed by atoms with Crippen LogP contribution in [0.1, 0.15) is 16.7 Å². The summed E-state index contributed by atoms with van der Waals surface area (Å²) in [6.45, 7) is 0. The van der Waals surface area contributed by atoms with Gasteiger partial charge in [0.2, 0.25) is 5.78 Å². The number of carbonyl (C=O) groups excluding carboxylic acids is 1. The molecule has 4 nitrogen and oxygen atoms in total. The van der Waals surface area contributed by atoms with Crippen LogP contribution in [0.4, 0.5) is 4.39 Å². The summed E-state index contributed by atoms with van der Waals surface area (Å²) in [6, 6.07) is 4.27. The molecule has 0 fully saturated rings. The van der Waals surface area contributed by atoms with Crippen LogP contribution >= 0.6 is 23.2 Å². The van der Waals surface area contributed by atoms with Crippen LogP contribution in [0, 0.1) is 0 Å². The summed E-state index contributed by atoms with van der Waals surface area (Å²) in [4.78, 5) is 15.4. The summed E-state index contributed by atoms with van der Waals surface area (Å²) < 4.78 is 14.6. The van der Waals surface area contributed by atoms with Crippen LogP contribution < -0.4 is 0 Å². The van der Waals surface area contributed by atoms with Crippen molar-refractivity contribution in [2.24, 2.45) is 0 Å². The summed E-state index contributed by atoms with van der Waals surface area (Å²) in [7, 11) is 0. The molecule has 2 aromatic rings. The van der Waals surface area contributed by atoms with Crippen molar-refractivity contribution in [2.45, 2.75) is 6.30 Å². The van der Waals surface area contributed by atoms with Crippen molar-refractivity contribution >= 4 is 29.0 Å². The Bertz CT molecular complexity index is 544. The minimum atomic E-state index is -1.96. The number of benzene rings is 1. The first-order valence-electron chi connectivity index (χ1n) is 4.57. The molecule has 1 heterocycles. The maximum Gasteiger partial charge on any atom is 0.255 e. The molecule has 0 radical (unpaired) electrons. The SMILES string of the molecule is O=C(c1cc(Cl)ccc1Cl)C(F)n1cncn1. The number of halogens is 3. The first kappa shape index (κ1) is 12.0. The summed E-state index contributed by atoms with van der Waals surface area (Å²) >= 11 is 11.5. The number of alkyl halides is 1. The molecule has 2 rings (SSSR count). The lowest BCUT2D eigenvalue weighted by molar-refractivity contribution is 0.0779. The van der Waals surface area contributed by atoms with Gasteiger partial charge in [0.05, 0.1) is 5.02 Å². The second-order valence-electron chi connectivity index (χ2n) is 3.20. The highest BCUT2D eigenvalue weighted by Crippen LogP contribution is 2.25. The van der Waals surface area contributed by atoms with E-state index in [0.717, 1.165) is 17.3 Å². The second kappa shape index (κ2) is 4.81. The molecule has 0 saturated heterocycles. The number of Topliss-reactive ketones (excluding diaryl/α,β-unsaturated/α-hetero) is 1. The fourth-order valence-corrected chi connectivity index (χ4v) is 1.65. The topological polar surface area (TPSA) is 47.8 Å². The van der Waals surface area contributed by atoms with E-state index in [1.165, 1.54) is 18.2 Å². The molecule has 17 heavy (non-hydrogen) atoms. The van der Waals surface area contributed by atoms with Crippen LogP contribution in [0.25, 0.3) is 0 Å². The molecule has 0 amide bonds. The Kier molecular flexibility index (Phi) is 3.40. The third-order valence-electron chi connectivity index (χ3n) is 2.08. The third-order valence-corrected chi connectivity index (χ3v) is 2.64. The van der Waals surface area contributed by atoms with Gasteiger partial charge in [0.25, 0.3) is 6.30 Å². The molecule has 1 unspecified atom stereocenters. The lowest BCUT2D eigenvalue weighted by atomic mass is 10.1. The normalized spacial score (nSPS) is 12.4. The molecule has 0 spiro atoms. The van der Waals surface area contributed by atoms with Crippen molar-refractivity contribution in [1.82, 2.24) is 14.8 Å². The van der Waals surface area contributed by atoms with Gasteiger partial charge < -0.3 is 0 Å². The van der Waals surface area contributed by atoms with Gasteiger partial charge in [0, 0.05) is 10.6 Å². The van der Waals surface area contributed by atoms with Crippen molar-refractivity contribution in [3.63, 3.8) is 0 Å². The van der Waals surface area contributed by atoms with Gasteiger partial charge in [0.1, 0.15) is 12.7 Å². The molecule has 0 aliphatic heterocycles. The standard InChI is InChI=1S/C10H6Cl2FN3O/c11-6-1-2-8(12)7(3-6)9(17)10(13)16-5-14-4-15-16/h1-5,10H. The van der Waals surface area contributed by atoms with Gasteiger partial charge in [-0.05, 0) is 18.2 Å². The van der Waals surface area contributed by atoms with E-state index in [-0.39, 0.29) is 10.6 Å². The molecule has 1 aromatic carbocycles. The number of hydrogen-bond donors (Lipinski definition) is 0. The number of aromatic nitrogens is 3. The first-order chi connectivity index (χ1) is 8.09. The molecule has 1 aromatic heterocycles. The van der Waals surface area contributed by atoms with E-state index >= 15 is 0 Å². The van der Waals surface area contributed by atoms with Crippen LogP contribution in [0.5, 0.6) is 0 Å². The molecule has 0 saturated carbocycles. The van der Waals surface area contributed by atoms with Crippen molar-refractivity contribution < 1.29 is 9.18 Å². The van der Waals surface area contributed by atoms with Crippen molar-refractivity contribution in [1.29, 1.82) is 0 Å². The van der Waals surface area contributed by atoms with Crippen LogP contribution in [-0.4, -0.2) is 20.5 Å². The average Bonchev–Trinajstić information content (AvgIpc) is 2.84. The molecule has 0 bridgehead atoms. The van der Waals surface area contributed by atoms with Gasteiger partial charge in [0.15, 0.2) is 0 Å². The minimum absolute atomic E-state index is 0.0159. The van der Waals surface area contributed by atoms with Gasteiger partial charge in [-0.15, -0.1) is 0 Å². The van der Waals surface area contributed by atoms with E-state index in [1.54, 1.807) is 0 Å². The zero-order valence-electron chi connectivity index (χ0n) is 8.35. The summed E-state index contributed by atoms with van der Waals surface area (Å²) in [6.07, 6.45) is 0.286. The van der Waals surface area contributed by atoms with E-state index in [2.05, 4.69) is 10.1 Å². The van der Waals surface area contributed by atoms with Gasteiger partial charge in [-0.3, -0.25) is 4.79 Å². The zero-order valence-corrected chi connectivity index (χ0v) is 9.86. The smallest absolute Gasteiger partial charge is 0.255 e. The van der Waals surface area contributed by atoms with E-state index in [1.807, 2.05) is 0 Å². The lowest BCUT2D eigenvalue weighted by Crippen LogP contribution is -2.16. The molecular formula is C10H6Cl2FN3O. The summed E-state index contributed by atoms with van der Waals surface area (Å²) in [5.74, 6) is -0.817. The predicted molar refractivity (Wildman–Crippen MR) is 61.0 cm³/mol. The molecule has 0 aliphatic carbocycles. The second-order valence-corrected chi connectivity index (χ2v) is 4.04. The number of nitrogens with zero attached hydrogens (tertiary/aromatic N) is 3. The molecule has 7 heteroatoms. The highest BCUT2D eigenvalue weighted by atomic mass is 35.5. The fraction of sp³-hybridized carbons (Fsp3) is 0.100. The summed E-state index contributed by atoms with van der Waals surface area (Å²) in [5, 5.41) is 4.00. The van der Waals surface area contributed by atoms with Gasteiger partial charge in [-0.25, -0.2) is 14.1 Å². The monoisotopic (exact) mass is 273 g/mol. The number of ketones is 1. The van der Waals surface area contributed by atoms with Crippen molar-refractivity contribution in [3.8, 4) is 0 Å². The van der Waals surface area contributed by atoms with Crippen LogP contribution in [-0.2, 0) is 0 Å². The highest BCUT2D eigenvalue weighted by Gasteiger charge is 2.23. The van der Waals surface area contributed by atoms with E-state index in [4.69, 9.17) is 23.2 Å². The third kappa shape index (κ3) is 2.45. The van der Waals surface area contributed by atoms with Gasteiger partial charge >= 0.3 is 0 Å². The quantitative estimate of drug-likeness (QED) is 0.808. The largest absolute Gasteiger partial charge is 0.289 e.